The van der Waals surface area contributed by atoms with Gasteiger partial charge in [-0.1, -0.05) is 0 Å². The van der Waals surface area contributed by atoms with E-state index in [-0.39, 0.29) is 10.8 Å². The Labute approximate surface area is 91.1 Å². The standard InChI is InChI=1S/C10H18N2O2S/c13-15(14,9-2-3-9)12-7-1-6-11-8-10(12)4-5-10/h9,11H,1-8H2. The lowest BCUT2D eigenvalue weighted by molar-refractivity contribution is 0.315. The van der Waals surface area contributed by atoms with Crippen molar-refractivity contribution in [1.29, 1.82) is 0 Å². The zero-order valence-electron chi connectivity index (χ0n) is 8.91. The maximum absolute atomic E-state index is 12.3. The van der Waals surface area contributed by atoms with Crippen LogP contribution in [0.25, 0.3) is 0 Å². The van der Waals surface area contributed by atoms with Gasteiger partial charge in [-0.3, -0.25) is 0 Å². The summed E-state index contributed by atoms with van der Waals surface area (Å²) in [6.45, 7) is 2.54. The second kappa shape index (κ2) is 3.18. The molecule has 1 aliphatic heterocycles. The van der Waals surface area contributed by atoms with Crippen LogP contribution in [0.2, 0.25) is 0 Å². The largest absolute Gasteiger partial charge is 0.315 e. The smallest absolute Gasteiger partial charge is 0.217 e. The van der Waals surface area contributed by atoms with Gasteiger partial charge in [0.2, 0.25) is 10.0 Å². The van der Waals surface area contributed by atoms with Crippen molar-refractivity contribution in [3.05, 3.63) is 0 Å². The first-order valence-electron chi connectivity index (χ1n) is 5.88. The number of rotatable bonds is 2. The molecule has 0 amide bonds. The van der Waals surface area contributed by atoms with Crippen LogP contribution in [0.5, 0.6) is 0 Å². The Morgan fingerprint density at radius 2 is 2.00 bits per heavy atom. The van der Waals surface area contributed by atoms with Gasteiger partial charge in [0.25, 0.3) is 0 Å². The van der Waals surface area contributed by atoms with Crippen LogP contribution in [0.15, 0.2) is 0 Å². The van der Waals surface area contributed by atoms with Crippen molar-refractivity contribution < 1.29 is 8.42 Å². The first-order chi connectivity index (χ1) is 7.15. The minimum absolute atomic E-state index is 0.0298. The summed E-state index contributed by atoms with van der Waals surface area (Å²) in [5.74, 6) is 0. The van der Waals surface area contributed by atoms with Crippen LogP contribution in [0.3, 0.4) is 0 Å². The van der Waals surface area contributed by atoms with E-state index in [1.54, 1.807) is 0 Å². The van der Waals surface area contributed by atoms with Crippen molar-refractivity contribution in [1.82, 2.24) is 9.62 Å². The molecule has 1 saturated heterocycles. The molecule has 4 nitrogen and oxygen atoms in total. The number of nitrogens with one attached hydrogen (secondary N) is 1. The van der Waals surface area contributed by atoms with E-state index >= 15 is 0 Å². The highest BCUT2D eigenvalue weighted by Gasteiger charge is 2.55. The predicted molar refractivity (Wildman–Crippen MR) is 58.1 cm³/mol. The predicted octanol–water partition coefficient (Wildman–Crippen LogP) is 0.307. The van der Waals surface area contributed by atoms with Crippen LogP contribution in [-0.2, 0) is 10.0 Å². The van der Waals surface area contributed by atoms with E-state index in [4.69, 9.17) is 0 Å². The minimum atomic E-state index is -2.96. The molecule has 0 unspecified atom stereocenters. The fourth-order valence-electron chi connectivity index (χ4n) is 2.51. The van der Waals surface area contributed by atoms with Gasteiger partial charge in [-0.05, 0) is 38.6 Å². The second-order valence-corrected chi connectivity index (χ2v) is 7.21. The topological polar surface area (TPSA) is 49.4 Å². The molecule has 1 N–H and O–H groups in total. The van der Waals surface area contributed by atoms with E-state index < -0.39 is 10.0 Å². The van der Waals surface area contributed by atoms with Gasteiger partial charge in [0.15, 0.2) is 0 Å². The van der Waals surface area contributed by atoms with Crippen LogP contribution in [0.1, 0.15) is 32.1 Å². The Morgan fingerprint density at radius 1 is 1.27 bits per heavy atom. The van der Waals surface area contributed by atoms with Crippen LogP contribution >= 0.6 is 0 Å². The summed E-state index contributed by atoms with van der Waals surface area (Å²) in [7, 11) is -2.96. The average molecular weight is 230 g/mol. The average Bonchev–Trinajstić information content (AvgIpc) is 3.03. The summed E-state index contributed by atoms with van der Waals surface area (Å²) < 4.78 is 26.3. The quantitative estimate of drug-likeness (QED) is 0.742. The molecule has 2 saturated carbocycles. The summed E-state index contributed by atoms with van der Waals surface area (Å²) in [5, 5.41) is 3.31. The summed E-state index contributed by atoms with van der Waals surface area (Å²) in [5.41, 5.74) is -0.0298. The van der Waals surface area contributed by atoms with Crippen LogP contribution in [0.4, 0.5) is 0 Å². The molecule has 3 aliphatic rings. The monoisotopic (exact) mass is 230 g/mol. The summed E-state index contributed by atoms with van der Waals surface area (Å²) in [4.78, 5) is 0. The summed E-state index contributed by atoms with van der Waals surface area (Å²) >= 11 is 0. The van der Waals surface area contributed by atoms with Gasteiger partial charge in [0.1, 0.15) is 0 Å². The van der Waals surface area contributed by atoms with Gasteiger partial charge >= 0.3 is 0 Å². The molecular weight excluding hydrogens is 212 g/mol. The number of hydrogen-bond acceptors (Lipinski definition) is 3. The minimum Gasteiger partial charge on any atom is -0.315 e. The Kier molecular flexibility index (Phi) is 2.13. The molecule has 15 heavy (non-hydrogen) atoms. The first-order valence-corrected chi connectivity index (χ1v) is 7.38. The molecule has 0 aromatic carbocycles. The van der Waals surface area contributed by atoms with Crippen LogP contribution < -0.4 is 5.32 Å². The Balaban J connectivity index is 1.88. The highest BCUT2D eigenvalue weighted by atomic mass is 32.2. The van der Waals surface area contributed by atoms with Crippen LogP contribution in [-0.4, -0.2) is 43.1 Å². The third-order valence-electron chi connectivity index (χ3n) is 3.78. The van der Waals surface area contributed by atoms with Crippen molar-refractivity contribution in [2.75, 3.05) is 19.6 Å². The normalized spacial score (nSPS) is 31.5. The molecular formula is C10H18N2O2S. The zero-order chi connectivity index (χ0) is 10.5. The van der Waals surface area contributed by atoms with Gasteiger partial charge in [-0.2, -0.15) is 4.31 Å². The van der Waals surface area contributed by atoms with E-state index in [1.807, 2.05) is 4.31 Å². The molecule has 86 valence electrons. The Hall–Kier alpha value is -0.130. The van der Waals surface area contributed by atoms with Crippen molar-refractivity contribution in [3.63, 3.8) is 0 Å². The van der Waals surface area contributed by atoms with Gasteiger partial charge < -0.3 is 5.32 Å². The highest BCUT2D eigenvalue weighted by Crippen LogP contribution is 2.46. The maximum Gasteiger partial charge on any atom is 0.217 e. The van der Waals surface area contributed by atoms with Gasteiger partial charge in [0.05, 0.1) is 5.25 Å². The van der Waals surface area contributed by atoms with E-state index in [0.29, 0.717) is 0 Å². The molecule has 5 heteroatoms. The second-order valence-electron chi connectivity index (χ2n) is 5.07. The molecule has 3 rings (SSSR count). The Morgan fingerprint density at radius 3 is 2.60 bits per heavy atom. The van der Waals surface area contributed by atoms with Crippen molar-refractivity contribution >= 4 is 10.0 Å². The maximum atomic E-state index is 12.3. The number of nitrogens with zero attached hydrogens (tertiary/aromatic N) is 1. The molecule has 0 atom stereocenters. The lowest BCUT2D eigenvalue weighted by Crippen LogP contribution is -2.46. The molecule has 3 fully saturated rings. The van der Waals surface area contributed by atoms with Gasteiger partial charge in [0, 0.05) is 18.6 Å². The molecule has 1 heterocycles. The van der Waals surface area contributed by atoms with E-state index in [1.165, 1.54) is 0 Å². The van der Waals surface area contributed by atoms with E-state index in [0.717, 1.165) is 51.7 Å². The number of hydrogen-bond donors (Lipinski definition) is 1. The first kappa shape index (κ1) is 10.1. The fourth-order valence-corrected chi connectivity index (χ4v) is 4.77. The van der Waals surface area contributed by atoms with Crippen molar-refractivity contribution in [3.8, 4) is 0 Å². The lowest BCUT2D eigenvalue weighted by Gasteiger charge is -2.28. The molecule has 0 aromatic rings. The molecule has 0 bridgehead atoms. The SMILES string of the molecule is O=S(=O)(C1CC1)N1CCCNCC12CC2. The van der Waals surface area contributed by atoms with Crippen LogP contribution in [0, 0.1) is 0 Å². The van der Waals surface area contributed by atoms with E-state index in [2.05, 4.69) is 5.32 Å². The Bertz CT molecular complexity index is 358. The third kappa shape index (κ3) is 1.61. The van der Waals surface area contributed by atoms with Gasteiger partial charge in [-0.15, -0.1) is 0 Å². The molecule has 2 aliphatic carbocycles. The zero-order valence-corrected chi connectivity index (χ0v) is 9.72. The number of sulfonamides is 1. The highest BCUT2D eigenvalue weighted by molar-refractivity contribution is 7.90. The third-order valence-corrected chi connectivity index (χ3v) is 6.28. The molecule has 1 spiro atoms. The van der Waals surface area contributed by atoms with Crippen molar-refractivity contribution in [2.24, 2.45) is 0 Å². The van der Waals surface area contributed by atoms with Gasteiger partial charge in [-0.25, -0.2) is 8.42 Å². The summed E-state index contributed by atoms with van der Waals surface area (Å²) in [6, 6.07) is 0. The van der Waals surface area contributed by atoms with E-state index in [9.17, 15) is 8.42 Å². The summed E-state index contributed by atoms with van der Waals surface area (Å²) in [6.07, 6.45) is 4.80. The fraction of sp³-hybridized carbons (Fsp3) is 1.00. The lowest BCUT2D eigenvalue weighted by atomic mass is 10.3. The molecule has 0 aromatic heterocycles. The van der Waals surface area contributed by atoms with Crippen molar-refractivity contribution in [2.45, 2.75) is 42.9 Å². The molecule has 0 radical (unpaired) electrons.